The molecule has 0 heterocycles. The highest BCUT2D eigenvalue weighted by Gasteiger charge is 2.18. The molecule has 0 spiro atoms. The van der Waals surface area contributed by atoms with E-state index in [1.807, 2.05) is 7.41 Å². The van der Waals surface area contributed by atoms with Crippen LogP contribution in [-0.2, 0) is 0 Å². The lowest BCUT2D eigenvalue weighted by Gasteiger charge is -2.17. The minimum atomic E-state index is 0.859. The molecule has 0 aromatic heterocycles. The second kappa shape index (κ2) is 5.63. The molecule has 12 heavy (non-hydrogen) atoms. The SMILES string of the molecule is CCC(C[B]N)CC1CCCC1. The summed E-state index contributed by atoms with van der Waals surface area (Å²) < 4.78 is 0. The van der Waals surface area contributed by atoms with Crippen LogP contribution < -0.4 is 5.64 Å². The second-order valence-electron chi connectivity index (χ2n) is 4.13. The number of hydrogen-bond donors (Lipinski definition) is 1. The van der Waals surface area contributed by atoms with E-state index < -0.39 is 0 Å². The van der Waals surface area contributed by atoms with E-state index in [4.69, 9.17) is 5.64 Å². The number of nitrogens with two attached hydrogens (primary N) is 1. The van der Waals surface area contributed by atoms with Crippen molar-refractivity contribution in [2.24, 2.45) is 17.5 Å². The van der Waals surface area contributed by atoms with Gasteiger partial charge in [-0.05, 0) is 18.3 Å². The molecule has 0 amide bonds. The number of hydrogen-bond acceptors (Lipinski definition) is 1. The molecule has 1 rings (SSSR count). The second-order valence-corrected chi connectivity index (χ2v) is 4.13. The Kier molecular flexibility index (Phi) is 4.74. The van der Waals surface area contributed by atoms with Gasteiger partial charge < -0.3 is 5.64 Å². The number of rotatable bonds is 5. The third-order valence-corrected chi connectivity index (χ3v) is 3.19. The van der Waals surface area contributed by atoms with Crippen LogP contribution in [-0.4, -0.2) is 7.41 Å². The highest BCUT2D eigenvalue weighted by Crippen LogP contribution is 2.32. The fourth-order valence-corrected chi connectivity index (χ4v) is 2.34. The zero-order chi connectivity index (χ0) is 8.81. The Labute approximate surface area is 77.4 Å². The first kappa shape index (κ1) is 10.1. The summed E-state index contributed by atoms with van der Waals surface area (Å²) >= 11 is 0. The molecule has 0 aromatic carbocycles. The van der Waals surface area contributed by atoms with Crippen molar-refractivity contribution in [3.8, 4) is 0 Å². The maximum Gasteiger partial charge on any atom is 0.202 e. The predicted octanol–water partition coefficient (Wildman–Crippen LogP) is 2.59. The van der Waals surface area contributed by atoms with E-state index in [-0.39, 0.29) is 0 Å². The summed E-state index contributed by atoms with van der Waals surface area (Å²) in [5.41, 5.74) is 5.45. The molecule has 1 fully saturated rings. The Morgan fingerprint density at radius 3 is 2.58 bits per heavy atom. The summed E-state index contributed by atoms with van der Waals surface area (Å²) in [4.78, 5) is 0. The third-order valence-electron chi connectivity index (χ3n) is 3.19. The fourth-order valence-electron chi connectivity index (χ4n) is 2.34. The monoisotopic (exact) mass is 166 g/mol. The van der Waals surface area contributed by atoms with Gasteiger partial charge in [-0.1, -0.05) is 45.3 Å². The minimum Gasteiger partial charge on any atom is -0.374 e. The van der Waals surface area contributed by atoms with E-state index in [0.29, 0.717) is 0 Å². The maximum atomic E-state index is 5.45. The highest BCUT2D eigenvalue weighted by atomic mass is 14.4. The summed E-state index contributed by atoms with van der Waals surface area (Å²) in [6, 6.07) is 0. The first-order valence-electron chi connectivity index (χ1n) is 5.40. The van der Waals surface area contributed by atoms with Gasteiger partial charge in [0.25, 0.3) is 0 Å². The van der Waals surface area contributed by atoms with Crippen LogP contribution in [0.15, 0.2) is 0 Å². The molecule has 0 bridgehead atoms. The summed E-state index contributed by atoms with van der Waals surface area (Å²) in [6.07, 6.45) is 9.71. The molecule has 69 valence electrons. The lowest BCUT2D eigenvalue weighted by molar-refractivity contribution is 0.389. The molecule has 2 heteroatoms. The van der Waals surface area contributed by atoms with Crippen LogP contribution in [0.1, 0.15) is 45.4 Å². The summed E-state index contributed by atoms with van der Waals surface area (Å²) in [7, 11) is 1.84. The summed E-state index contributed by atoms with van der Waals surface area (Å²) in [6.45, 7) is 2.28. The molecule has 0 aromatic rings. The molecule has 1 unspecified atom stereocenters. The van der Waals surface area contributed by atoms with E-state index in [9.17, 15) is 0 Å². The lowest BCUT2D eigenvalue weighted by Crippen LogP contribution is -2.13. The Balaban J connectivity index is 2.16. The van der Waals surface area contributed by atoms with Crippen LogP contribution in [0.5, 0.6) is 0 Å². The van der Waals surface area contributed by atoms with Crippen LogP contribution in [0.3, 0.4) is 0 Å². The van der Waals surface area contributed by atoms with Crippen molar-refractivity contribution in [3.63, 3.8) is 0 Å². The molecule has 1 saturated carbocycles. The fraction of sp³-hybridized carbons (Fsp3) is 1.00. The van der Waals surface area contributed by atoms with Crippen molar-refractivity contribution in [1.82, 2.24) is 0 Å². The van der Waals surface area contributed by atoms with Crippen LogP contribution in [0.25, 0.3) is 0 Å². The van der Waals surface area contributed by atoms with Crippen molar-refractivity contribution >= 4 is 7.41 Å². The smallest absolute Gasteiger partial charge is 0.202 e. The first-order chi connectivity index (χ1) is 5.86. The predicted molar refractivity (Wildman–Crippen MR) is 55.1 cm³/mol. The van der Waals surface area contributed by atoms with E-state index >= 15 is 0 Å². The highest BCUT2D eigenvalue weighted by molar-refractivity contribution is 6.30. The zero-order valence-electron chi connectivity index (χ0n) is 8.26. The van der Waals surface area contributed by atoms with Gasteiger partial charge in [-0.15, -0.1) is 0 Å². The standard InChI is InChI=1S/C10H21BN/c1-2-9(8-11-12)7-10-5-3-4-6-10/h9-10H,2-8,12H2,1H3. The van der Waals surface area contributed by atoms with E-state index in [1.165, 1.54) is 38.5 Å². The first-order valence-corrected chi connectivity index (χ1v) is 5.40. The van der Waals surface area contributed by atoms with Gasteiger partial charge in [0, 0.05) is 0 Å². The van der Waals surface area contributed by atoms with Crippen molar-refractivity contribution in [3.05, 3.63) is 0 Å². The van der Waals surface area contributed by atoms with Crippen LogP contribution in [0, 0.1) is 11.8 Å². The van der Waals surface area contributed by atoms with Gasteiger partial charge in [-0.3, -0.25) is 0 Å². The van der Waals surface area contributed by atoms with Gasteiger partial charge in [0.05, 0.1) is 0 Å². The van der Waals surface area contributed by atoms with Crippen molar-refractivity contribution in [2.45, 2.75) is 51.8 Å². The minimum absolute atomic E-state index is 0.859. The zero-order valence-corrected chi connectivity index (χ0v) is 8.26. The molecule has 0 saturated heterocycles. The van der Waals surface area contributed by atoms with Crippen molar-refractivity contribution < 1.29 is 0 Å². The largest absolute Gasteiger partial charge is 0.374 e. The maximum absolute atomic E-state index is 5.45. The molecular weight excluding hydrogens is 145 g/mol. The lowest BCUT2D eigenvalue weighted by atomic mass is 9.77. The Morgan fingerprint density at radius 2 is 2.08 bits per heavy atom. The molecule has 1 aliphatic rings. The summed E-state index contributed by atoms with van der Waals surface area (Å²) in [5.74, 6) is 1.88. The Hall–Kier alpha value is 0.0249. The van der Waals surface area contributed by atoms with Crippen LogP contribution >= 0.6 is 0 Å². The summed E-state index contributed by atoms with van der Waals surface area (Å²) in [5, 5.41) is 0. The third kappa shape index (κ3) is 3.18. The van der Waals surface area contributed by atoms with E-state index in [1.54, 1.807) is 0 Å². The topological polar surface area (TPSA) is 26.0 Å². The van der Waals surface area contributed by atoms with Gasteiger partial charge in [0.1, 0.15) is 0 Å². The molecule has 0 aliphatic heterocycles. The van der Waals surface area contributed by atoms with E-state index in [2.05, 4.69) is 6.92 Å². The molecule has 1 radical (unpaired) electrons. The quantitative estimate of drug-likeness (QED) is 0.624. The normalized spacial score (nSPS) is 21.2. The molecular formula is C10H21BN. The molecule has 1 nitrogen and oxygen atoms in total. The van der Waals surface area contributed by atoms with Crippen molar-refractivity contribution in [2.75, 3.05) is 0 Å². The average Bonchev–Trinajstić information content (AvgIpc) is 2.56. The van der Waals surface area contributed by atoms with Gasteiger partial charge in [0.15, 0.2) is 0 Å². The van der Waals surface area contributed by atoms with Gasteiger partial charge >= 0.3 is 0 Å². The van der Waals surface area contributed by atoms with E-state index in [0.717, 1.165) is 18.2 Å². The van der Waals surface area contributed by atoms with Gasteiger partial charge in [-0.2, -0.15) is 0 Å². The van der Waals surface area contributed by atoms with Crippen LogP contribution in [0.4, 0.5) is 0 Å². The van der Waals surface area contributed by atoms with Gasteiger partial charge in [0.2, 0.25) is 7.41 Å². The molecule has 1 aliphatic carbocycles. The van der Waals surface area contributed by atoms with Crippen molar-refractivity contribution in [1.29, 1.82) is 0 Å². The molecule has 1 atom stereocenters. The molecule has 2 N–H and O–H groups in total. The van der Waals surface area contributed by atoms with Gasteiger partial charge in [-0.25, -0.2) is 0 Å². The average molecular weight is 166 g/mol. The Morgan fingerprint density at radius 1 is 1.42 bits per heavy atom. The van der Waals surface area contributed by atoms with Crippen LogP contribution in [0.2, 0.25) is 6.32 Å². The Bertz CT molecular complexity index is 110.